The van der Waals surface area contributed by atoms with Gasteiger partial charge in [0, 0.05) is 31.3 Å². The van der Waals surface area contributed by atoms with Gasteiger partial charge in [-0.3, -0.25) is 4.79 Å². The first-order chi connectivity index (χ1) is 9.24. The summed E-state index contributed by atoms with van der Waals surface area (Å²) in [5, 5.41) is 6.24. The highest BCUT2D eigenvalue weighted by atomic mass is 16.1. The third-order valence-electron chi connectivity index (χ3n) is 3.31. The van der Waals surface area contributed by atoms with Crippen molar-refractivity contribution in [2.45, 2.75) is 19.4 Å². The molecule has 0 bridgehead atoms. The number of rotatable bonds is 2. The lowest BCUT2D eigenvalue weighted by Crippen LogP contribution is -2.30. The topological polar surface area (TPSA) is 69.8 Å². The van der Waals surface area contributed by atoms with Gasteiger partial charge >= 0.3 is 0 Å². The number of carbonyl (C=O) groups excluding carboxylic acids is 1. The van der Waals surface area contributed by atoms with Crippen LogP contribution >= 0.6 is 0 Å². The van der Waals surface area contributed by atoms with Crippen molar-refractivity contribution in [2.24, 2.45) is 0 Å². The van der Waals surface area contributed by atoms with Crippen LogP contribution in [0.15, 0.2) is 30.6 Å². The van der Waals surface area contributed by atoms with Gasteiger partial charge in [-0.2, -0.15) is 0 Å². The molecule has 1 atom stereocenters. The van der Waals surface area contributed by atoms with Crippen molar-refractivity contribution in [3.63, 3.8) is 0 Å². The lowest BCUT2D eigenvalue weighted by Gasteiger charge is -2.23. The third kappa shape index (κ3) is 2.37. The average molecular weight is 256 g/mol. The van der Waals surface area contributed by atoms with Crippen LogP contribution in [0.5, 0.6) is 0 Å². The normalized spacial score (nSPS) is 17.8. The van der Waals surface area contributed by atoms with E-state index in [1.165, 1.54) is 12.6 Å². The van der Waals surface area contributed by atoms with E-state index >= 15 is 0 Å². The van der Waals surface area contributed by atoms with E-state index in [9.17, 15) is 4.79 Å². The van der Waals surface area contributed by atoms with Crippen LogP contribution in [-0.4, -0.2) is 22.4 Å². The lowest BCUT2D eigenvalue weighted by molar-refractivity contribution is -0.114. The molecular formula is C14H16N4O. The smallest absolute Gasteiger partial charge is 0.221 e. The SMILES string of the molecule is CC(=O)Nc1ccc([C@H]2NCCc3[nH]cnc32)cc1. The van der Waals surface area contributed by atoms with Gasteiger partial charge in [-0.15, -0.1) is 0 Å². The minimum atomic E-state index is -0.0573. The first-order valence-corrected chi connectivity index (χ1v) is 6.37. The number of fused-ring (bicyclic) bond motifs is 1. The minimum Gasteiger partial charge on any atom is -0.348 e. The Morgan fingerprint density at radius 3 is 2.89 bits per heavy atom. The summed E-state index contributed by atoms with van der Waals surface area (Å²) in [6.45, 7) is 2.44. The lowest BCUT2D eigenvalue weighted by atomic mass is 9.98. The number of carbonyl (C=O) groups is 1. The second kappa shape index (κ2) is 4.85. The second-order valence-corrected chi connectivity index (χ2v) is 4.71. The van der Waals surface area contributed by atoms with Gasteiger partial charge in [0.25, 0.3) is 0 Å². The molecule has 3 N–H and O–H groups in total. The van der Waals surface area contributed by atoms with Crippen LogP contribution in [0.2, 0.25) is 0 Å². The first-order valence-electron chi connectivity index (χ1n) is 6.37. The summed E-state index contributed by atoms with van der Waals surface area (Å²) in [7, 11) is 0. The predicted octanol–water partition coefficient (Wildman–Crippen LogP) is 1.60. The van der Waals surface area contributed by atoms with Gasteiger partial charge in [0.05, 0.1) is 18.1 Å². The number of imidazole rings is 1. The third-order valence-corrected chi connectivity index (χ3v) is 3.31. The Balaban J connectivity index is 1.86. The Morgan fingerprint density at radius 1 is 1.37 bits per heavy atom. The molecule has 1 aliphatic heterocycles. The molecule has 0 aliphatic carbocycles. The molecule has 1 aliphatic rings. The number of hydrogen-bond donors (Lipinski definition) is 3. The summed E-state index contributed by atoms with van der Waals surface area (Å²) in [4.78, 5) is 18.6. The van der Waals surface area contributed by atoms with Gasteiger partial charge in [0.1, 0.15) is 0 Å². The zero-order valence-corrected chi connectivity index (χ0v) is 10.7. The number of benzene rings is 1. The highest BCUT2D eigenvalue weighted by Gasteiger charge is 2.23. The van der Waals surface area contributed by atoms with Gasteiger partial charge in [-0.1, -0.05) is 12.1 Å². The molecule has 5 heteroatoms. The van der Waals surface area contributed by atoms with Crippen LogP contribution in [0.4, 0.5) is 5.69 Å². The van der Waals surface area contributed by atoms with E-state index in [2.05, 4.69) is 20.6 Å². The number of nitrogens with zero attached hydrogens (tertiary/aromatic N) is 1. The highest BCUT2D eigenvalue weighted by molar-refractivity contribution is 5.88. The summed E-state index contributed by atoms with van der Waals surface area (Å²) in [5.74, 6) is -0.0573. The van der Waals surface area contributed by atoms with E-state index in [1.54, 1.807) is 6.33 Å². The van der Waals surface area contributed by atoms with Crippen LogP contribution in [-0.2, 0) is 11.2 Å². The Hall–Kier alpha value is -2.14. The summed E-state index contributed by atoms with van der Waals surface area (Å²) in [5.41, 5.74) is 4.24. The number of amides is 1. The van der Waals surface area contributed by atoms with Crippen molar-refractivity contribution in [1.29, 1.82) is 0 Å². The van der Waals surface area contributed by atoms with Crippen molar-refractivity contribution in [3.05, 3.63) is 47.5 Å². The molecule has 0 saturated heterocycles. The van der Waals surface area contributed by atoms with Crippen molar-refractivity contribution in [2.75, 3.05) is 11.9 Å². The van der Waals surface area contributed by atoms with E-state index in [0.29, 0.717) is 0 Å². The quantitative estimate of drug-likeness (QED) is 0.764. The fourth-order valence-electron chi connectivity index (χ4n) is 2.46. The molecule has 2 aromatic rings. The van der Waals surface area contributed by atoms with E-state index in [0.717, 1.165) is 29.9 Å². The van der Waals surface area contributed by atoms with Gasteiger partial charge < -0.3 is 15.6 Å². The van der Waals surface area contributed by atoms with Gasteiger partial charge in [-0.25, -0.2) is 4.98 Å². The molecule has 1 aromatic heterocycles. The molecule has 0 fully saturated rings. The fraction of sp³-hybridized carbons (Fsp3) is 0.286. The Kier molecular flexibility index (Phi) is 3.05. The van der Waals surface area contributed by atoms with Crippen molar-refractivity contribution in [1.82, 2.24) is 15.3 Å². The standard InChI is InChI=1S/C14H16N4O/c1-9(19)18-11-4-2-10(3-5-11)13-14-12(6-7-15-13)16-8-17-14/h2-5,8,13,15H,6-7H2,1H3,(H,16,17)(H,18,19)/t13-/m1/s1. The summed E-state index contributed by atoms with van der Waals surface area (Å²) >= 11 is 0. The van der Waals surface area contributed by atoms with E-state index in [4.69, 9.17) is 0 Å². The van der Waals surface area contributed by atoms with Crippen molar-refractivity contribution >= 4 is 11.6 Å². The minimum absolute atomic E-state index is 0.0573. The van der Waals surface area contributed by atoms with Crippen LogP contribution in [0.25, 0.3) is 0 Å². The molecule has 0 unspecified atom stereocenters. The van der Waals surface area contributed by atoms with Gasteiger partial charge in [-0.05, 0) is 17.7 Å². The highest BCUT2D eigenvalue weighted by Crippen LogP contribution is 2.26. The molecule has 19 heavy (non-hydrogen) atoms. The number of nitrogens with one attached hydrogen (secondary N) is 3. The Bertz CT molecular complexity index is 588. The maximum Gasteiger partial charge on any atom is 0.221 e. The van der Waals surface area contributed by atoms with Gasteiger partial charge in [0.15, 0.2) is 0 Å². The Morgan fingerprint density at radius 2 is 2.16 bits per heavy atom. The molecule has 3 rings (SSSR count). The van der Waals surface area contributed by atoms with Crippen molar-refractivity contribution in [3.8, 4) is 0 Å². The molecule has 0 radical (unpaired) electrons. The molecular weight excluding hydrogens is 240 g/mol. The zero-order chi connectivity index (χ0) is 13.2. The monoisotopic (exact) mass is 256 g/mol. The average Bonchev–Trinajstić information content (AvgIpc) is 2.87. The van der Waals surface area contributed by atoms with Crippen LogP contribution < -0.4 is 10.6 Å². The van der Waals surface area contributed by atoms with Crippen LogP contribution in [0.3, 0.4) is 0 Å². The summed E-state index contributed by atoms with van der Waals surface area (Å²) < 4.78 is 0. The maximum absolute atomic E-state index is 11.0. The molecule has 0 saturated carbocycles. The zero-order valence-electron chi connectivity index (χ0n) is 10.7. The van der Waals surface area contributed by atoms with Gasteiger partial charge in [0.2, 0.25) is 5.91 Å². The van der Waals surface area contributed by atoms with E-state index in [-0.39, 0.29) is 11.9 Å². The van der Waals surface area contributed by atoms with E-state index < -0.39 is 0 Å². The van der Waals surface area contributed by atoms with Crippen LogP contribution in [0, 0.1) is 0 Å². The van der Waals surface area contributed by atoms with Crippen molar-refractivity contribution < 1.29 is 4.79 Å². The number of aromatic nitrogens is 2. The Labute approximate surface area is 111 Å². The largest absolute Gasteiger partial charge is 0.348 e. The predicted molar refractivity (Wildman–Crippen MR) is 72.9 cm³/mol. The summed E-state index contributed by atoms with van der Waals surface area (Å²) in [6.07, 6.45) is 2.73. The molecule has 1 aromatic carbocycles. The van der Waals surface area contributed by atoms with E-state index in [1.807, 2.05) is 24.3 Å². The number of hydrogen-bond acceptors (Lipinski definition) is 3. The second-order valence-electron chi connectivity index (χ2n) is 4.71. The molecule has 1 amide bonds. The molecule has 0 spiro atoms. The van der Waals surface area contributed by atoms with Crippen LogP contribution in [0.1, 0.15) is 29.9 Å². The fourth-order valence-corrected chi connectivity index (χ4v) is 2.46. The molecule has 5 nitrogen and oxygen atoms in total. The molecule has 98 valence electrons. The summed E-state index contributed by atoms with van der Waals surface area (Å²) in [6, 6.07) is 8.00. The number of anilines is 1. The maximum atomic E-state index is 11.0. The first kappa shape index (κ1) is 11.9. The number of aromatic amines is 1. The number of H-pyrrole nitrogens is 1. The molecule has 2 heterocycles.